The Balaban J connectivity index is 1.62. The number of benzene rings is 1. The van der Waals surface area contributed by atoms with Crippen LogP contribution in [0.2, 0.25) is 0 Å². The lowest BCUT2D eigenvalue weighted by molar-refractivity contribution is -0.161. The Kier molecular flexibility index (Phi) is 6.70. The summed E-state index contributed by atoms with van der Waals surface area (Å²) in [6, 6.07) is 7.51. The standard InChI is InChI=1S/C19H24N2O9S/c1-11(30-19(24)28-10-13-6-4-3-5-7-13)15-16(21(17(15)22)31(25,26)27)12(2)29-18(23)20-14-8-9-14/h3-7,11-12,14-16H,8-10H2,1-2H3,(H,20,23)(H,25,26,27)/p-1/t11-,12+,15-,16-/m1/s1. The SMILES string of the molecule is C[C@H](OC(=O)NC1CC1)[C@@H]1[C@@H]([C@@H](C)OC(=O)OCc2ccccc2)C(=O)N1S(=O)(=O)[O-]. The average Bonchev–Trinajstić information content (AvgIpc) is 3.47. The van der Waals surface area contributed by atoms with E-state index in [2.05, 4.69) is 5.32 Å². The van der Waals surface area contributed by atoms with Gasteiger partial charge in [-0.15, -0.1) is 0 Å². The molecular formula is C19H23N2O9S-. The Morgan fingerprint density at radius 1 is 1.16 bits per heavy atom. The molecule has 3 rings (SSSR count). The van der Waals surface area contributed by atoms with E-state index >= 15 is 0 Å². The molecule has 2 aliphatic rings. The molecule has 1 aromatic carbocycles. The lowest BCUT2D eigenvalue weighted by atomic mass is 9.83. The van der Waals surface area contributed by atoms with Gasteiger partial charge in [0.2, 0.25) is 5.91 Å². The first kappa shape index (κ1) is 22.8. The van der Waals surface area contributed by atoms with Crippen LogP contribution in [0.1, 0.15) is 32.3 Å². The third-order valence-electron chi connectivity index (χ3n) is 5.04. The van der Waals surface area contributed by atoms with Gasteiger partial charge in [0, 0.05) is 6.04 Å². The van der Waals surface area contributed by atoms with Crippen molar-refractivity contribution in [3.8, 4) is 0 Å². The van der Waals surface area contributed by atoms with Gasteiger partial charge in [-0.3, -0.25) is 4.79 Å². The molecule has 1 saturated heterocycles. The van der Waals surface area contributed by atoms with Gasteiger partial charge < -0.3 is 24.1 Å². The number of amides is 2. The second-order valence-electron chi connectivity index (χ2n) is 7.48. The fourth-order valence-electron chi connectivity index (χ4n) is 3.37. The summed E-state index contributed by atoms with van der Waals surface area (Å²) < 4.78 is 49.9. The predicted octanol–water partition coefficient (Wildman–Crippen LogP) is 1.29. The first-order valence-corrected chi connectivity index (χ1v) is 11.1. The van der Waals surface area contributed by atoms with Crippen LogP contribution in [-0.2, 0) is 35.9 Å². The van der Waals surface area contributed by atoms with Crippen molar-refractivity contribution in [3.63, 3.8) is 0 Å². The Labute approximate surface area is 179 Å². The number of hydrogen-bond donors (Lipinski definition) is 1. The van der Waals surface area contributed by atoms with Crippen LogP contribution in [0.5, 0.6) is 0 Å². The van der Waals surface area contributed by atoms with Gasteiger partial charge in [0.1, 0.15) is 24.7 Å². The smallest absolute Gasteiger partial charge is 0.508 e. The minimum atomic E-state index is -5.15. The average molecular weight is 455 g/mol. The summed E-state index contributed by atoms with van der Waals surface area (Å²) in [4.78, 5) is 36.2. The molecule has 0 aromatic heterocycles. The third kappa shape index (κ3) is 5.64. The lowest BCUT2D eigenvalue weighted by Gasteiger charge is -2.50. The molecule has 2 amide bonds. The third-order valence-corrected chi connectivity index (χ3v) is 5.95. The molecule has 0 bridgehead atoms. The maximum atomic E-state index is 12.4. The van der Waals surface area contributed by atoms with Gasteiger partial charge in [-0.05, 0) is 32.3 Å². The maximum absolute atomic E-state index is 12.4. The molecule has 1 saturated carbocycles. The quantitative estimate of drug-likeness (QED) is 0.347. The Morgan fingerprint density at radius 3 is 2.39 bits per heavy atom. The normalized spacial score (nSPS) is 22.7. The number of carbonyl (C=O) groups excluding carboxylic acids is 3. The van der Waals surface area contributed by atoms with Gasteiger partial charge in [-0.25, -0.2) is 22.3 Å². The number of alkyl carbamates (subject to hydrolysis) is 1. The van der Waals surface area contributed by atoms with Crippen molar-refractivity contribution in [2.45, 2.75) is 57.6 Å². The van der Waals surface area contributed by atoms with Gasteiger partial charge in [-0.1, -0.05) is 30.3 Å². The van der Waals surface area contributed by atoms with E-state index in [9.17, 15) is 27.4 Å². The van der Waals surface area contributed by atoms with Gasteiger partial charge in [-0.2, -0.15) is 0 Å². The van der Waals surface area contributed by atoms with Crippen molar-refractivity contribution in [2.24, 2.45) is 5.92 Å². The molecule has 0 spiro atoms. The summed E-state index contributed by atoms with van der Waals surface area (Å²) in [6.45, 7) is 2.66. The van der Waals surface area contributed by atoms with Crippen LogP contribution < -0.4 is 5.32 Å². The summed E-state index contributed by atoms with van der Waals surface area (Å²) in [6.07, 6.45) is -2.50. The molecule has 12 heteroatoms. The largest absolute Gasteiger partial charge is 0.731 e. The number of ether oxygens (including phenoxy) is 3. The van der Waals surface area contributed by atoms with E-state index in [1.165, 1.54) is 13.8 Å². The highest BCUT2D eigenvalue weighted by Gasteiger charge is 2.57. The Bertz CT molecular complexity index is 933. The molecule has 1 aliphatic heterocycles. The van der Waals surface area contributed by atoms with Crippen LogP contribution in [0.25, 0.3) is 0 Å². The molecular weight excluding hydrogens is 432 g/mol. The minimum absolute atomic E-state index is 0.000458. The van der Waals surface area contributed by atoms with E-state index in [0.29, 0.717) is 0 Å². The highest BCUT2D eigenvalue weighted by Crippen LogP contribution is 2.36. The molecule has 1 aromatic rings. The van der Waals surface area contributed by atoms with E-state index in [1.54, 1.807) is 30.3 Å². The summed E-state index contributed by atoms with van der Waals surface area (Å²) in [7, 11) is -5.15. The molecule has 0 unspecified atom stereocenters. The first-order valence-electron chi connectivity index (χ1n) is 9.71. The lowest BCUT2D eigenvalue weighted by Crippen LogP contribution is -2.70. The van der Waals surface area contributed by atoms with Crippen LogP contribution in [0.15, 0.2) is 30.3 Å². The fraction of sp³-hybridized carbons (Fsp3) is 0.526. The first-order chi connectivity index (χ1) is 14.6. The van der Waals surface area contributed by atoms with Gasteiger partial charge in [0.25, 0.3) is 0 Å². The van der Waals surface area contributed by atoms with Crippen molar-refractivity contribution < 1.29 is 41.6 Å². The second kappa shape index (κ2) is 9.10. The topological polar surface area (TPSA) is 151 Å². The summed E-state index contributed by atoms with van der Waals surface area (Å²) >= 11 is 0. The van der Waals surface area contributed by atoms with Gasteiger partial charge >= 0.3 is 12.2 Å². The van der Waals surface area contributed by atoms with Crippen molar-refractivity contribution in [2.75, 3.05) is 0 Å². The Morgan fingerprint density at radius 2 is 1.81 bits per heavy atom. The van der Waals surface area contributed by atoms with Crippen molar-refractivity contribution in [3.05, 3.63) is 35.9 Å². The van der Waals surface area contributed by atoms with Crippen LogP contribution in [-0.4, -0.2) is 59.7 Å². The number of nitrogens with one attached hydrogen (secondary N) is 1. The number of hydrogen-bond acceptors (Lipinski definition) is 9. The zero-order valence-electron chi connectivity index (χ0n) is 16.9. The molecule has 1 heterocycles. The molecule has 4 atom stereocenters. The molecule has 0 radical (unpaired) electrons. The van der Waals surface area contributed by atoms with E-state index in [4.69, 9.17) is 14.2 Å². The summed E-state index contributed by atoms with van der Waals surface area (Å²) in [5, 5.41) is 2.56. The fourth-order valence-corrected chi connectivity index (χ4v) is 4.31. The molecule has 2 fully saturated rings. The summed E-state index contributed by atoms with van der Waals surface area (Å²) in [5.74, 6) is -2.24. The number of carbonyl (C=O) groups is 3. The van der Waals surface area contributed by atoms with Crippen molar-refractivity contribution >= 4 is 28.5 Å². The van der Waals surface area contributed by atoms with Gasteiger partial charge in [0.05, 0.1) is 6.04 Å². The zero-order valence-corrected chi connectivity index (χ0v) is 17.7. The maximum Gasteiger partial charge on any atom is 0.508 e. The van der Waals surface area contributed by atoms with Crippen LogP contribution in [0.3, 0.4) is 0 Å². The van der Waals surface area contributed by atoms with E-state index in [1.807, 2.05) is 0 Å². The summed E-state index contributed by atoms with van der Waals surface area (Å²) in [5.41, 5.74) is 0.719. The minimum Gasteiger partial charge on any atom is -0.731 e. The number of rotatable bonds is 8. The van der Waals surface area contributed by atoms with Crippen LogP contribution in [0.4, 0.5) is 9.59 Å². The molecule has 31 heavy (non-hydrogen) atoms. The van der Waals surface area contributed by atoms with E-state index in [-0.39, 0.29) is 17.0 Å². The van der Waals surface area contributed by atoms with Gasteiger partial charge in [0.15, 0.2) is 10.3 Å². The Hall–Kier alpha value is -2.86. The van der Waals surface area contributed by atoms with Crippen LogP contribution in [0, 0.1) is 5.92 Å². The van der Waals surface area contributed by atoms with E-state index in [0.717, 1.165) is 18.4 Å². The monoisotopic (exact) mass is 455 g/mol. The highest BCUT2D eigenvalue weighted by molar-refractivity contribution is 7.84. The molecule has 1 aliphatic carbocycles. The van der Waals surface area contributed by atoms with Crippen molar-refractivity contribution in [1.82, 2.24) is 9.62 Å². The number of β-lactam (4-membered cyclic amide) rings is 1. The molecule has 11 nitrogen and oxygen atoms in total. The predicted molar refractivity (Wildman–Crippen MR) is 103 cm³/mol. The number of nitrogens with zero attached hydrogens (tertiary/aromatic N) is 1. The second-order valence-corrected chi connectivity index (χ2v) is 8.73. The van der Waals surface area contributed by atoms with Crippen LogP contribution >= 0.6 is 0 Å². The molecule has 170 valence electrons. The van der Waals surface area contributed by atoms with Crippen molar-refractivity contribution in [1.29, 1.82) is 0 Å². The zero-order chi connectivity index (χ0) is 22.8. The molecule has 1 N–H and O–H groups in total. The van der Waals surface area contributed by atoms with E-state index < -0.39 is 52.6 Å². The highest BCUT2D eigenvalue weighted by atomic mass is 32.2.